The summed E-state index contributed by atoms with van der Waals surface area (Å²) in [5, 5.41) is 3.28. The Morgan fingerprint density at radius 3 is 2.71 bits per heavy atom. The molecule has 0 aromatic heterocycles. The summed E-state index contributed by atoms with van der Waals surface area (Å²) in [5.41, 5.74) is 3.59. The standard InChI is InChI=1S/C27H21NO3/c1-2-20(28-21-10-4-3-5-11-21)17-16-19-18-30-25-15-9-8-14-24(25)27(19)23-13-7-6-12-22(23)26(29)31-27/h1,4,6-17,28H,3,5,18H2/b19-16+,20-17+. The van der Waals surface area contributed by atoms with E-state index in [-0.39, 0.29) is 12.6 Å². The predicted molar refractivity (Wildman–Crippen MR) is 119 cm³/mol. The molecule has 2 aromatic rings. The van der Waals surface area contributed by atoms with E-state index in [1.54, 1.807) is 6.07 Å². The largest absolute Gasteiger partial charge is 0.489 e. The second-order valence-corrected chi connectivity index (χ2v) is 7.58. The van der Waals surface area contributed by atoms with Crippen LogP contribution in [0.1, 0.15) is 34.3 Å². The zero-order chi connectivity index (χ0) is 21.3. The fourth-order valence-electron chi connectivity index (χ4n) is 4.31. The van der Waals surface area contributed by atoms with Crippen molar-refractivity contribution in [1.29, 1.82) is 0 Å². The van der Waals surface area contributed by atoms with Crippen molar-refractivity contribution in [3.05, 3.63) is 113 Å². The number of carbonyl (C=O) groups excluding carboxylic acids is 1. The molecule has 0 radical (unpaired) electrons. The molecule has 2 aliphatic heterocycles. The van der Waals surface area contributed by atoms with Gasteiger partial charge in [0.15, 0.2) is 5.60 Å². The zero-order valence-corrected chi connectivity index (χ0v) is 16.9. The van der Waals surface area contributed by atoms with Crippen LogP contribution in [0.15, 0.2) is 95.9 Å². The molecule has 1 atom stereocenters. The number of allylic oxidation sites excluding steroid dienone is 6. The van der Waals surface area contributed by atoms with Crippen LogP contribution in [0.5, 0.6) is 5.75 Å². The molecule has 3 aliphatic rings. The van der Waals surface area contributed by atoms with Gasteiger partial charge in [-0.3, -0.25) is 0 Å². The number of benzene rings is 2. The van der Waals surface area contributed by atoms with Crippen LogP contribution >= 0.6 is 0 Å². The molecular formula is C27H21NO3. The number of nitrogens with one attached hydrogen (secondary N) is 1. The third-order valence-electron chi connectivity index (χ3n) is 5.75. The van der Waals surface area contributed by atoms with Crippen LogP contribution in [0.4, 0.5) is 0 Å². The maximum Gasteiger partial charge on any atom is 0.340 e. The number of hydrogen-bond donors (Lipinski definition) is 1. The average molecular weight is 407 g/mol. The van der Waals surface area contributed by atoms with Gasteiger partial charge < -0.3 is 14.8 Å². The Hall–Kier alpha value is -3.97. The molecule has 1 unspecified atom stereocenters. The van der Waals surface area contributed by atoms with Crippen molar-refractivity contribution in [1.82, 2.24) is 5.32 Å². The third kappa shape index (κ3) is 3.15. The van der Waals surface area contributed by atoms with E-state index in [1.807, 2.05) is 60.7 Å². The SMILES string of the molecule is C#C/C(=C\C=C1/COc2ccccc2C12OC(=O)c1ccccc12)NC1=CCCC=C1. The van der Waals surface area contributed by atoms with E-state index in [0.717, 1.165) is 35.2 Å². The Labute approximate surface area is 181 Å². The maximum absolute atomic E-state index is 12.8. The number of esters is 1. The number of ether oxygens (including phenoxy) is 2. The maximum atomic E-state index is 12.8. The highest BCUT2D eigenvalue weighted by Gasteiger charge is 2.52. The third-order valence-corrected chi connectivity index (χ3v) is 5.75. The number of rotatable bonds is 3. The van der Waals surface area contributed by atoms with Crippen molar-refractivity contribution < 1.29 is 14.3 Å². The Balaban J connectivity index is 1.62. The van der Waals surface area contributed by atoms with Gasteiger partial charge in [0.1, 0.15) is 12.4 Å². The summed E-state index contributed by atoms with van der Waals surface area (Å²) in [7, 11) is 0. The quantitative estimate of drug-likeness (QED) is 0.589. The van der Waals surface area contributed by atoms with E-state index in [9.17, 15) is 4.79 Å². The summed E-state index contributed by atoms with van der Waals surface area (Å²) in [6.07, 6.45) is 17.8. The minimum atomic E-state index is -1.03. The van der Waals surface area contributed by atoms with Gasteiger partial charge in [-0.2, -0.15) is 0 Å². The summed E-state index contributed by atoms with van der Waals surface area (Å²) in [6, 6.07) is 15.2. The first-order chi connectivity index (χ1) is 15.2. The second-order valence-electron chi connectivity index (χ2n) is 7.58. The summed E-state index contributed by atoms with van der Waals surface area (Å²) in [4.78, 5) is 12.8. The van der Waals surface area contributed by atoms with Crippen molar-refractivity contribution in [2.45, 2.75) is 18.4 Å². The highest BCUT2D eigenvalue weighted by atomic mass is 16.6. The lowest BCUT2D eigenvalue weighted by molar-refractivity contribution is 0.0166. The van der Waals surface area contributed by atoms with Crippen molar-refractivity contribution in [3.63, 3.8) is 0 Å². The Morgan fingerprint density at radius 2 is 1.90 bits per heavy atom. The van der Waals surface area contributed by atoms with Gasteiger partial charge in [0, 0.05) is 22.4 Å². The van der Waals surface area contributed by atoms with Crippen molar-refractivity contribution >= 4 is 5.97 Å². The molecule has 1 aliphatic carbocycles. The molecule has 0 amide bonds. The number of hydrogen-bond acceptors (Lipinski definition) is 4. The van der Waals surface area contributed by atoms with Crippen molar-refractivity contribution in [2.75, 3.05) is 6.61 Å². The number of terminal acetylenes is 1. The van der Waals surface area contributed by atoms with E-state index in [4.69, 9.17) is 15.9 Å². The van der Waals surface area contributed by atoms with Crippen molar-refractivity contribution in [2.24, 2.45) is 0 Å². The molecule has 4 heteroatoms. The first-order valence-corrected chi connectivity index (χ1v) is 10.3. The summed E-state index contributed by atoms with van der Waals surface area (Å²) < 4.78 is 12.1. The van der Waals surface area contributed by atoms with Crippen LogP contribution in [0.2, 0.25) is 0 Å². The van der Waals surface area contributed by atoms with Gasteiger partial charge in [-0.1, -0.05) is 60.5 Å². The Morgan fingerprint density at radius 1 is 1.10 bits per heavy atom. The van der Waals surface area contributed by atoms with Crippen LogP contribution in [-0.2, 0) is 10.3 Å². The van der Waals surface area contributed by atoms with Crippen LogP contribution in [-0.4, -0.2) is 12.6 Å². The molecule has 0 bridgehead atoms. The molecule has 1 N–H and O–H groups in total. The van der Waals surface area contributed by atoms with E-state index < -0.39 is 5.60 Å². The zero-order valence-electron chi connectivity index (χ0n) is 16.9. The molecule has 31 heavy (non-hydrogen) atoms. The molecule has 152 valence electrons. The normalized spacial score (nSPS) is 22.8. The highest BCUT2D eigenvalue weighted by Crippen LogP contribution is 2.52. The topological polar surface area (TPSA) is 47.6 Å². The molecular weight excluding hydrogens is 386 g/mol. The van der Waals surface area contributed by atoms with Crippen LogP contribution in [0.25, 0.3) is 0 Å². The molecule has 2 heterocycles. The molecule has 4 nitrogen and oxygen atoms in total. The second kappa shape index (κ2) is 7.70. The van der Waals surface area contributed by atoms with Crippen molar-refractivity contribution in [3.8, 4) is 18.1 Å². The lowest BCUT2D eigenvalue weighted by atomic mass is 9.77. The molecule has 5 rings (SSSR count). The number of carbonyl (C=O) groups is 1. The molecule has 2 aromatic carbocycles. The molecule has 0 fully saturated rings. The highest BCUT2D eigenvalue weighted by molar-refractivity contribution is 5.96. The summed E-state index contributed by atoms with van der Waals surface area (Å²) in [6.45, 7) is 0.287. The van der Waals surface area contributed by atoms with E-state index in [2.05, 4.69) is 23.4 Å². The fraction of sp³-hybridized carbons (Fsp3) is 0.148. The first kappa shape index (κ1) is 19.0. The van der Waals surface area contributed by atoms with Crippen LogP contribution < -0.4 is 10.1 Å². The minimum absolute atomic E-state index is 0.287. The molecule has 0 saturated heterocycles. The lowest BCUT2D eigenvalue weighted by Gasteiger charge is -2.37. The van der Waals surface area contributed by atoms with Gasteiger partial charge in [-0.15, -0.1) is 6.42 Å². The lowest BCUT2D eigenvalue weighted by Crippen LogP contribution is -2.37. The predicted octanol–water partition coefficient (Wildman–Crippen LogP) is 4.76. The molecule has 0 saturated carbocycles. The van der Waals surface area contributed by atoms with Gasteiger partial charge in [0.05, 0.1) is 11.3 Å². The van der Waals surface area contributed by atoms with E-state index in [0.29, 0.717) is 17.0 Å². The van der Waals surface area contributed by atoms with Gasteiger partial charge in [-0.25, -0.2) is 4.79 Å². The van der Waals surface area contributed by atoms with Gasteiger partial charge in [0.25, 0.3) is 0 Å². The summed E-state index contributed by atoms with van der Waals surface area (Å²) in [5.74, 6) is 3.07. The monoisotopic (exact) mass is 407 g/mol. The average Bonchev–Trinajstić information content (AvgIpc) is 3.12. The Bertz CT molecular complexity index is 1230. The molecule has 1 spiro atoms. The Kier molecular flexibility index (Phi) is 4.72. The minimum Gasteiger partial charge on any atom is -0.489 e. The van der Waals surface area contributed by atoms with Crippen LogP contribution in [0, 0.1) is 12.3 Å². The van der Waals surface area contributed by atoms with Gasteiger partial charge in [0.2, 0.25) is 0 Å². The smallest absolute Gasteiger partial charge is 0.340 e. The van der Waals surface area contributed by atoms with Gasteiger partial charge >= 0.3 is 5.97 Å². The number of fused-ring (bicyclic) bond motifs is 4. The van der Waals surface area contributed by atoms with Crippen LogP contribution in [0.3, 0.4) is 0 Å². The van der Waals surface area contributed by atoms with E-state index in [1.165, 1.54) is 0 Å². The van der Waals surface area contributed by atoms with Gasteiger partial charge in [-0.05, 0) is 37.1 Å². The fourth-order valence-corrected chi connectivity index (χ4v) is 4.31. The number of para-hydroxylation sites is 1. The summed E-state index contributed by atoms with van der Waals surface area (Å²) >= 11 is 0. The van der Waals surface area contributed by atoms with E-state index >= 15 is 0 Å². The first-order valence-electron chi connectivity index (χ1n) is 10.3.